The molecule has 0 atom stereocenters. The molecule has 0 bridgehead atoms. The zero-order valence-corrected chi connectivity index (χ0v) is 11.9. The van der Waals surface area contributed by atoms with Gasteiger partial charge >= 0.3 is 0 Å². The molecule has 2 aromatic rings. The first-order valence-corrected chi connectivity index (χ1v) is 7.07. The Morgan fingerprint density at radius 2 is 2.25 bits per heavy atom. The number of nitrogens with one attached hydrogen (secondary N) is 1. The van der Waals surface area contributed by atoms with Crippen LogP contribution in [-0.4, -0.2) is 22.1 Å². The van der Waals surface area contributed by atoms with Crippen LogP contribution < -0.4 is 5.32 Å². The highest BCUT2D eigenvalue weighted by Gasteiger charge is 2.14. The number of carbonyl (C=O) groups is 1. The summed E-state index contributed by atoms with van der Waals surface area (Å²) in [4.78, 5) is 12.3. The van der Waals surface area contributed by atoms with Crippen molar-refractivity contribution in [1.29, 1.82) is 0 Å². The van der Waals surface area contributed by atoms with E-state index in [0.29, 0.717) is 12.5 Å². The second-order valence-corrected chi connectivity index (χ2v) is 5.53. The van der Waals surface area contributed by atoms with Gasteiger partial charge in [0.05, 0.1) is 12.1 Å². The molecule has 0 saturated carbocycles. The number of fused-ring (bicyclic) bond motifs is 1. The summed E-state index contributed by atoms with van der Waals surface area (Å²) in [5.41, 5.74) is 3.99. The van der Waals surface area contributed by atoms with E-state index in [0.717, 1.165) is 29.9 Å². The zero-order valence-electron chi connectivity index (χ0n) is 11.9. The largest absolute Gasteiger partial charge is 0.384 e. The molecule has 1 aliphatic heterocycles. The summed E-state index contributed by atoms with van der Waals surface area (Å²) in [6, 6.07) is 8.18. The van der Waals surface area contributed by atoms with Crippen molar-refractivity contribution in [2.45, 2.75) is 32.7 Å². The summed E-state index contributed by atoms with van der Waals surface area (Å²) in [5.74, 6) is 0.121. The Balaban J connectivity index is 1.75. The van der Waals surface area contributed by atoms with Crippen LogP contribution in [0.4, 0.5) is 5.69 Å². The minimum Gasteiger partial charge on any atom is -0.384 e. The lowest BCUT2D eigenvalue weighted by atomic mass is 10.0. The molecule has 20 heavy (non-hydrogen) atoms. The Hall–Kier alpha value is -2.10. The molecule has 0 spiro atoms. The Morgan fingerprint density at radius 1 is 1.40 bits per heavy atom. The second kappa shape index (κ2) is 5.12. The number of aromatic nitrogens is 2. The third kappa shape index (κ3) is 2.46. The lowest BCUT2D eigenvalue weighted by Gasteiger charge is -2.05. The molecule has 1 aliphatic rings. The van der Waals surface area contributed by atoms with Crippen molar-refractivity contribution in [2.24, 2.45) is 0 Å². The fourth-order valence-corrected chi connectivity index (χ4v) is 2.49. The molecule has 4 nitrogen and oxygen atoms in total. The van der Waals surface area contributed by atoms with Crippen LogP contribution in [0.2, 0.25) is 0 Å². The number of ketones is 1. The highest BCUT2D eigenvalue weighted by atomic mass is 16.1. The first kappa shape index (κ1) is 12.9. The van der Waals surface area contributed by atoms with Gasteiger partial charge in [-0.15, -0.1) is 0 Å². The molecule has 0 unspecified atom stereocenters. The van der Waals surface area contributed by atoms with Crippen LogP contribution in [0.5, 0.6) is 0 Å². The van der Waals surface area contributed by atoms with Gasteiger partial charge in [0.15, 0.2) is 5.78 Å². The van der Waals surface area contributed by atoms with E-state index in [1.807, 2.05) is 29.1 Å². The number of anilines is 1. The van der Waals surface area contributed by atoms with Crippen LogP contribution in [0.15, 0.2) is 30.5 Å². The van der Waals surface area contributed by atoms with E-state index in [2.05, 4.69) is 30.3 Å². The number of hydrogen-bond acceptors (Lipinski definition) is 3. The van der Waals surface area contributed by atoms with Crippen molar-refractivity contribution >= 4 is 11.5 Å². The van der Waals surface area contributed by atoms with Crippen LogP contribution in [0.25, 0.3) is 0 Å². The normalized spacial score (nSPS) is 13.3. The minimum atomic E-state index is 0.121. The minimum absolute atomic E-state index is 0.121. The summed E-state index contributed by atoms with van der Waals surface area (Å²) in [6.07, 6.45) is 3.33. The van der Waals surface area contributed by atoms with E-state index in [4.69, 9.17) is 0 Å². The molecule has 0 amide bonds. The molecular weight excluding hydrogens is 250 g/mol. The second-order valence-electron chi connectivity index (χ2n) is 5.53. The molecule has 0 radical (unpaired) electrons. The van der Waals surface area contributed by atoms with Crippen LogP contribution in [-0.2, 0) is 12.8 Å². The highest BCUT2D eigenvalue weighted by molar-refractivity contribution is 5.98. The van der Waals surface area contributed by atoms with E-state index in [1.165, 1.54) is 5.56 Å². The average molecular weight is 269 g/mol. The van der Waals surface area contributed by atoms with Crippen LogP contribution in [0.1, 0.15) is 41.5 Å². The predicted octanol–water partition coefficient (Wildman–Crippen LogP) is 2.86. The maximum Gasteiger partial charge on any atom is 0.168 e. The van der Waals surface area contributed by atoms with Gasteiger partial charge in [-0.1, -0.05) is 12.1 Å². The summed E-state index contributed by atoms with van der Waals surface area (Å²) in [7, 11) is 0. The molecule has 1 aromatic heterocycles. The summed E-state index contributed by atoms with van der Waals surface area (Å²) in [5, 5.41) is 7.73. The highest BCUT2D eigenvalue weighted by Crippen LogP contribution is 2.23. The van der Waals surface area contributed by atoms with Crippen molar-refractivity contribution in [1.82, 2.24) is 9.78 Å². The van der Waals surface area contributed by atoms with Crippen LogP contribution in [0, 0.1) is 0 Å². The topological polar surface area (TPSA) is 46.9 Å². The molecule has 3 rings (SSSR count). The summed E-state index contributed by atoms with van der Waals surface area (Å²) in [6.45, 7) is 5.11. The van der Waals surface area contributed by atoms with Gasteiger partial charge in [0.1, 0.15) is 0 Å². The van der Waals surface area contributed by atoms with E-state index in [9.17, 15) is 4.79 Å². The van der Waals surface area contributed by atoms with Crippen LogP contribution >= 0.6 is 0 Å². The molecule has 0 saturated heterocycles. The lowest BCUT2D eigenvalue weighted by Crippen LogP contribution is -2.07. The summed E-state index contributed by atoms with van der Waals surface area (Å²) < 4.78 is 1.88. The maximum atomic E-state index is 12.3. The molecule has 0 fully saturated rings. The Morgan fingerprint density at radius 3 is 3.00 bits per heavy atom. The van der Waals surface area contributed by atoms with Gasteiger partial charge in [-0.3, -0.25) is 9.48 Å². The third-order valence-corrected chi connectivity index (χ3v) is 3.68. The van der Waals surface area contributed by atoms with E-state index in [1.54, 1.807) is 0 Å². The standard InChI is InChI=1S/C16H19N3O/c1-11(2)19-8-6-14(18-19)10-16(20)13-4-3-12-5-7-17-15(12)9-13/h3-4,6,8-9,11,17H,5,7,10H2,1-2H3. The number of carbonyl (C=O) groups excluding carboxylic acids is 1. The predicted molar refractivity (Wildman–Crippen MR) is 79.3 cm³/mol. The molecule has 1 N–H and O–H groups in total. The van der Waals surface area contributed by atoms with Crippen molar-refractivity contribution < 1.29 is 4.79 Å². The van der Waals surface area contributed by atoms with Gasteiger partial charge in [-0.2, -0.15) is 5.10 Å². The third-order valence-electron chi connectivity index (χ3n) is 3.68. The first-order valence-electron chi connectivity index (χ1n) is 7.07. The number of rotatable bonds is 4. The fraction of sp³-hybridized carbons (Fsp3) is 0.375. The van der Waals surface area contributed by atoms with E-state index >= 15 is 0 Å². The smallest absolute Gasteiger partial charge is 0.168 e. The van der Waals surface area contributed by atoms with E-state index in [-0.39, 0.29) is 5.78 Å². The molecule has 1 aromatic carbocycles. The van der Waals surface area contributed by atoms with Crippen molar-refractivity contribution in [3.8, 4) is 0 Å². The average Bonchev–Trinajstić information content (AvgIpc) is 3.05. The summed E-state index contributed by atoms with van der Waals surface area (Å²) >= 11 is 0. The number of Topliss-reactive ketones (excluding diaryl/α,β-unsaturated/α-hetero) is 1. The monoisotopic (exact) mass is 269 g/mol. The fourth-order valence-electron chi connectivity index (χ4n) is 2.49. The van der Waals surface area contributed by atoms with Crippen molar-refractivity contribution in [2.75, 3.05) is 11.9 Å². The maximum absolute atomic E-state index is 12.3. The molecule has 0 aliphatic carbocycles. The first-order chi connectivity index (χ1) is 9.63. The molecule has 4 heteroatoms. The quantitative estimate of drug-likeness (QED) is 0.868. The van der Waals surface area contributed by atoms with Crippen molar-refractivity contribution in [3.63, 3.8) is 0 Å². The molecular formula is C16H19N3O. The van der Waals surface area contributed by atoms with Gasteiger partial charge in [0, 0.05) is 30.0 Å². The SMILES string of the molecule is CC(C)n1ccc(CC(=O)c2ccc3c(c2)NCC3)n1. The van der Waals surface area contributed by atoms with Crippen LogP contribution in [0.3, 0.4) is 0 Å². The van der Waals surface area contributed by atoms with Crippen molar-refractivity contribution in [3.05, 3.63) is 47.3 Å². The van der Waals surface area contributed by atoms with Gasteiger partial charge in [-0.25, -0.2) is 0 Å². The molecule has 2 heterocycles. The van der Waals surface area contributed by atoms with Gasteiger partial charge in [0.2, 0.25) is 0 Å². The molecule has 104 valence electrons. The Bertz CT molecular complexity index is 643. The van der Waals surface area contributed by atoms with E-state index < -0.39 is 0 Å². The number of nitrogens with zero attached hydrogens (tertiary/aromatic N) is 2. The number of hydrogen-bond donors (Lipinski definition) is 1. The zero-order chi connectivity index (χ0) is 14.1. The van der Waals surface area contributed by atoms with Gasteiger partial charge in [-0.05, 0) is 38.0 Å². The van der Waals surface area contributed by atoms with Gasteiger partial charge in [0.25, 0.3) is 0 Å². The Kier molecular flexibility index (Phi) is 3.30. The lowest BCUT2D eigenvalue weighted by molar-refractivity contribution is 0.0991. The Labute approximate surface area is 118 Å². The number of benzene rings is 1. The van der Waals surface area contributed by atoms with Gasteiger partial charge < -0.3 is 5.32 Å².